The lowest BCUT2D eigenvalue weighted by atomic mass is 10.1. The molecule has 0 radical (unpaired) electrons. The molecule has 3 aromatic heterocycles. The number of carbonyl (C=O) groups is 2. The van der Waals surface area contributed by atoms with Crippen LogP contribution < -0.4 is 10.5 Å². The van der Waals surface area contributed by atoms with Gasteiger partial charge in [-0.15, -0.1) is 11.3 Å². The third-order valence-electron chi connectivity index (χ3n) is 6.50. The first-order valence-electron chi connectivity index (χ1n) is 12.3. The number of thiophene rings is 1. The van der Waals surface area contributed by atoms with E-state index in [2.05, 4.69) is 0 Å². The zero-order valence-corrected chi connectivity index (χ0v) is 21.7. The zero-order valence-electron chi connectivity index (χ0n) is 20.8. The van der Waals surface area contributed by atoms with Crippen LogP contribution in [-0.2, 0) is 11.3 Å². The molecule has 1 aliphatic heterocycles. The van der Waals surface area contributed by atoms with E-state index in [1.807, 2.05) is 76.7 Å². The summed E-state index contributed by atoms with van der Waals surface area (Å²) in [6, 6.07) is 17.1. The molecule has 4 heterocycles. The van der Waals surface area contributed by atoms with Crippen molar-refractivity contribution in [2.24, 2.45) is 0 Å². The van der Waals surface area contributed by atoms with E-state index in [1.54, 1.807) is 11.5 Å². The first kappa shape index (κ1) is 24.7. The average Bonchev–Trinajstić information content (AvgIpc) is 3.45. The summed E-state index contributed by atoms with van der Waals surface area (Å²) in [6.07, 6.45) is 0. The lowest BCUT2D eigenvalue weighted by Gasteiger charge is -2.37. The summed E-state index contributed by atoms with van der Waals surface area (Å²) in [5, 5.41) is 2.60. The summed E-state index contributed by atoms with van der Waals surface area (Å²) in [5.41, 5.74) is 2.33. The van der Waals surface area contributed by atoms with Gasteiger partial charge in [0, 0.05) is 37.3 Å². The molecule has 0 spiro atoms. The van der Waals surface area contributed by atoms with Gasteiger partial charge in [0.1, 0.15) is 11.2 Å². The van der Waals surface area contributed by atoms with E-state index < -0.39 is 11.5 Å². The molecule has 190 valence electrons. The number of aromatic nitrogens is 2. The number of anilines is 1. The smallest absolute Gasteiger partial charge is 0.345 e. The number of benzene rings is 1. The second kappa shape index (κ2) is 10.6. The fourth-order valence-electron chi connectivity index (χ4n) is 4.72. The van der Waals surface area contributed by atoms with Gasteiger partial charge < -0.3 is 14.5 Å². The Kier molecular flexibility index (Phi) is 7.05. The number of carbonyl (C=O) groups excluding carboxylic acids is 2. The second-order valence-electron chi connectivity index (χ2n) is 8.90. The van der Waals surface area contributed by atoms with Gasteiger partial charge in [0.05, 0.1) is 23.7 Å². The minimum absolute atomic E-state index is 0.000643. The van der Waals surface area contributed by atoms with Gasteiger partial charge in [0.25, 0.3) is 11.5 Å². The minimum atomic E-state index is -0.649. The maximum absolute atomic E-state index is 13.9. The molecule has 1 aromatic carbocycles. The number of fused-ring (bicyclic) bond motifs is 1. The van der Waals surface area contributed by atoms with Gasteiger partial charge in [-0.05, 0) is 43.0 Å². The molecule has 1 amide bonds. The van der Waals surface area contributed by atoms with Gasteiger partial charge >= 0.3 is 5.97 Å². The summed E-state index contributed by atoms with van der Waals surface area (Å²) in [4.78, 5) is 49.3. The maximum Gasteiger partial charge on any atom is 0.345 e. The highest BCUT2D eigenvalue weighted by Crippen LogP contribution is 2.31. The molecule has 1 saturated heterocycles. The lowest BCUT2D eigenvalue weighted by Crippen LogP contribution is -2.49. The van der Waals surface area contributed by atoms with Crippen molar-refractivity contribution in [3.05, 3.63) is 92.0 Å². The Balaban J connectivity index is 1.60. The second-order valence-corrected chi connectivity index (χ2v) is 9.85. The molecule has 1 fully saturated rings. The number of aryl methyl sites for hydroxylation is 1. The molecule has 0 saturated carbocycles. The van der Waals surface area contributed by atoms with Crippen LogP contribution in [0.2, 0.25) is 0 Å². The van der Waals surface area contributed by atoms with Crippen molar-refractivity contribution in [1.82, 2.24) is 14.5 Å². The van der Waals surface area contributed by atoms with Gasteiger partial charge in [0.2, 0.25) is 0 Å². The van der Waals surface area contributed by atoms with E-state index in [-0.39, 0.29) is 24.6 Å². The molecule has 8 nitrogen and oxygen atoms in total. The first-order chi connectivity index (χ1) is 18.0. The number of esters is 1. The molecule has 4 aromatic rings. The van der Waals surface area contributed by atoms with E-state index in [1.165, 1.54) is 11.3 Å². The number of hydrogen-bond acceptors (Lipinski definition) is 7. The predicted molar refractivity (Wildman–Crippen MR) is 145 cm³/mol. The molecule has 0 aliphatic carbocycles. The van der Waals surface area contributed by atoms with Crippen LogP contribution in [0.3, 0.4) is 0 Å². The van der Waals surface area contributed by atoms with Crippen LogP contribution in [-0.4, -0.2) is 59.1 Å². The van der Waals surface area contributed by atoms with Gasteiger partial charge in [-0.1, -0.05) is 36.4 Å². The molecule has 0 atom stereocenters. The SMILES string of the molecule is CCOC(=O)c1c(N2CCN(C(=O)c3cccs3)CC2)c2ccc(C)nc2n(Cc2ccccc2)c1=O. The van der Waals surface area contributed by atoms with E-state index >= 15 is 0 Å². The molecule has 1 aliphatic rings. The standard InChI is InChI=1S/C28H28N4O4S/c1-3-36-28(35)23-24(30-13-15-31(16-14-30)26(33)22-10-7-17-37-22)21-12-11-19(2)29-25(21)32(27(23)34)18-20-8-5-4-6-9-20/h4-12,17H,3,13-16,18H2,1-2H3. The molecule has 0 N–H and O–H groups in total. The summed E-state index contributed by atoms with van der Waals surface area (Å²) in [5.74, 6) is -0.649. The Morgan fingerprint density at radius 3 is 2.43 bits per heavy atom. The van der Waals surface area contributed by atoms with Gasteiger partial charge in [-0.3, -0.25) is 14.2 Å². The van der Waals surface area contributed by atoms with E-state index in [0.29, 0.717) is 47.8 Å². The minimum Gasteiger partial charge on any atom is -0.462 e. The van der Waals surface area contributed by atoms with Crippen LogP contribution in [0.25, 0.3) is 11.0 Å². The average molecular weight is 517 g/mol. The highest BCUT2D eigenvalue weighted by atomic mass is 32.1. The Labute approximate surface area is 218 Å². The maximum atomic E-state index is 13.9. The van der Waals surface area contributed by atoms with E-state index in [0.717, 1.165) is 11.3 Å². The van der Waals surface area contributed by atoms with E-state index in [9.17, 15) is 14.4 Å². The van der Waals surface area contributed by atoms with Crippen LogP contribution in [0.1, 0.15) is 38.2 Å². The molecule has 9 heteroatoms. The summed E-state index contributed by atoms with van der Waals surface area (Å²) in [7, 11) is 0. The first-order valence-corrected chi connectivity index (χ1v) is 13.2. The fraction of sp³-hybridized carbons (Fsp3) is 0.286. The van der Waals surface area contributed by atoms with Crippen molar-refractivity contribution < 1.29 is 14.3 Å². The Morgan fingerprint density at radius 2 is 1.76 bits per heavy atom. The number of amides is 1. The summed E-state index contributed by atoms with van der Waals surface area (Å²) >= 11 is 1.42. The van der Waals surface area contributed by atoms with Crippen LogP contribution in [0, 0.1) is 6.92 Å². The highest BCUT2D eigenvalue weighted by Gasteiger charge is 2.31. The third-order valence-corrected chi connectivity index (χ3v) is 7.36. The summed E-state index contributed by atoms with van der Waals surface area (Å²) in [6.45, 7) is 5.96. The topological polar surface area (TPSA) is 84.7 Å². The van der Waals surface area contributed by atoms with Crippen LogP contribution in [0.15, 0.2) is 64.8 Å². The van der Waals surface area contributed by atoms with Crippen molar-refractivity contribution in [3.8, 4) is 0 Å². The number of ether oxygens (including phenoxy) is 1. The normalized spacial score (nSPS) is 13.7. The molecular formula is C28H28N4O4S. The Morgan fingerprint density at radius 1 is 1.00 bits per heavy atom. The zero-order chi connectivity index (χ0) is 25.9. The van der Waals surface area contributed by atoms with Crippen molar-refractivity contribution in [3.63, 3.8) is 0 Å². The third kappa shape index (κ3) is 4.86. The largest absolute Gasteiger partial charge is 0.462 e. The number of pyridine rings is 2. The van der Waals surface area contributed by atoms with Crippen LogP contribution in [0.4, 0.5) is 5.69 Å². The van der Waals surface area contributed by atoms with Gasteiger partial charge in [-0.2, -0.15) is 0 Å². The quantitative estimate of drug-likeness (QED) is 0.361. The molecular weight excluding hydrogens is 488 g/mol. The summed E-state index contributed by atoms with van der Waals surface area (Å²) < 4.78 is 6.92. The predicted octanol–water partition coefficient (Wildman–Crippen LogP) is 3.95. The van der Waals surface area contributed by atoms with Gasteiger partial charge in [0.15, 0.2) is 0 Å². The van der Waals surface area contributed by atoms with Crippen molar-refractivity contribution in [2.75, 3.05) is 37.7 Å². The number of rotatable bonds is 6. The highest BCUT2D eigenvalue weighted by molar-refractivity contribution is 7.12. The van der Waals surface area contributed by atoms with Crippen LogP contribution >= 0.6 is 11.3 Å². The van der Waals surface area contributed by atoms with Crippen LogP contribution in [0.5, 0.6) is 0 Å². The monoisotopic (exact) mass is 516 g/mol. The molecule has 5 rings (SSSR count). The number of piperazine rings is 1. The van der Waals surface area contributed by atoms with Gasteiger partial charge in [-0.25, -0.2) is 9.78 Å². The van der Waals surface area contributed by atoms with E-state index in [4.69, 9.17) is 9.72 Å². The number of nitrogens with zero attached hydrogens (tertiary/aromatic N) is 4. The Bertz CT molecular complexity index is 1490. The van der Waals surface area contributed by atoms with Crippen molar-refractivity contribution in [2.45, 2.75) is 20.4 Å². The lowest BCUT2D eigenvalue weighted by molar-refractivity contribution is 0.0523. The number of hydrogen-bond donors (Lipinski definition) is 0. The van der Waals surface area contributed by atoms with Crippen molar-refractivity contribution >= 4 is 39.9 Å². The van der Waals surface area contributed by atoms with Crippen molar-refractivity contribution in [1.29, 1.82) is 0 Å². The Hall–Kier alpha value is -3.98. The molecule has 0 unspecified atom stereocenters. The molecule has 0 bridgehead atoms. The fourth-order valence-corrected chi connectivity index (χ4v) is 5.41. The molecule has 37 heavy (non-hydrogen) atoms.